The number of nitrogens with one attached hydrogen (secondary N) is 1. The van der Waals surface area contributed by atoms with E-state index in [2.05, 4.69) is 10.4 Å². The highest BCUT2D eigenvalue weighted by molar-refractivity contribution is 7.18. The van der Waals surface area contributed by atoms with Crippen molar-refractivity contribution < 1.29 is 4.79 Å². The number of anilines is 2. The molecule has 1 saturated carbocycles. The van der Waals surface area contributed by atoms with Gasteiger partial charge in [-0.2, -0.15) is 5.10 Å². The Morgan fingerprint density at radius 1 is 1.60 bits per heavy atom. The zero-order valence-corrected chi connectivity index (χ0v) is 12.5. The van der Waals surface area contributed by atoms with E-state index >= 15 is 0 Å². The molecule has 1 fully saturated rings. The largest absolute Gasteiger partial charge is 0.397 e. The van der Waals surface area contributed by atoms with Crippen molar-refractivity contribution in [2.75, 3.05) is 11.1 Å². The topological polar surface area (TPSA) is 72.9 Å². The third-order valence-corrected chi connectivity index (χ3v) is 4.85. The molecule has 2 heterocycles. The summed E-state index contributed by atoms with van der Waals surface area (Å²) in [5.74, 6) is 0.419. The average Bonchev–Trinajstić information content (AvgIpc) is 3.14. The molecule has 0 bridgehead atoms. The van der Waals surface area contributed by atoms with Crippen LogP contribution in [0.3, 0.4) is 0 Å². The predicted molar refractivity (Wildman–Crippen MR) is 81.1 cm³/mol. The quantitative estimate of drug-likeness (QED) is 0.830. The zero-order chi connectivity index (χ0) is 14.3. The van der Waals surface area contributed by atoms with Gasteiger partial charge in [-0.25, -0.2) is 0 Å². The molecule has 0 atom stereocenters. The summed E-state index contributed by atoms with van der Waals surface area (Å²) in [5.41, 5.74) is 8.82. The summed E-state index contributed by atoms with van der Waals surface area (Å²) in [5, 5.41) is 8.48. The Balaban J connectivity index is 1.70. The van der Waals surface area contributed by atoms with Crippen molar-refractivity contribution in [3.05, 3.63) is 28.4 Å². The first-order chi connectivity index (χ1) is 9.56. The van der Waals surface area contributed by atoms with E-state index in [1.54, 1.807) is 0 Å². The van der Waals surface area contributed by atoms with Gasteiger partial charge in [-0.15, -0.1) is 11.3 Å². The lowest BCUT2D eigenvalue weighted by Gasteiger charge is -2.02. The molecular weight excluding hydrogens is 272 g/mol. The Bertz CT molecular complexity index is 654. The van der Waals surface area contributed by atoms with Crippen molar-refractivity contribution in [3.63, 3.8) is 0 Å². The number of Topliss-reactive ketones (excluding diaryl/α,β-unsaturated/α-hetero) is 1. The molecule has 20 heavy (non-hydrogen) atoms. The van der Waals surface area contributed by atoms with Crippen molar-refractivity contribution in [3.8, 4) is 0 Å². The van der Waals surface area contributed by atoms with Crippen LogP contribution < -0.4 is 11.1 Å². The number of carbonyl (C=O) groups is 1. The Hall–Kier alpha value is -1.82. The number of hydrogen-bond donors (Lipinski definition) is 2. The summed E-state index contributed by atoms with van der Waals surface area (Å²) in [6, 6.07) is 1.85. The van der Waals surface area contributed by atoms with Gasteiger partial charge in [0.05, 0.1) is 21.8 Å². The van der Waals surface area contributed by atoms with Crippen LogP contribution in [-0.2, 0) is 13.6 Å². The highest BCUT2D eigenvalue weighted by Gasteiger charge is 2.32. The predicted octanol–water partition coefficient (Wildman–Crippen LogP) is 2.58. The van der Waals surface area contributed by atoms with Crippen LogP contribution >= 0.6 is 11.3 Å². The summed E-state index contributed by atoms with van der Waals surface area (Å²) in [4.78, 5) is 12.8. The van der Waals surface area contributed by atoms with Crippen molar-refractivity contribution in [1.29, 1.82) is 0 Å². The number of aromatic nitrogens is 2. The fourth-order valence-electron chi connectivity index (χ4n) is 2.12. The van der Waals surface area contributed by atoms with Gasteiger partial charge in [0.25, 0.3) is 0 Å². The second-order valence-corrected chi connectivity index (χ2v) is 6.32. The summed E-state index contributed by atoms with van der Waals surface area (Å²) in [6.07, 6.45) is 3.87. The number of thiophene rings is 1. The van der Waals surface area contributed by atoms with Gasteiger partial charge in [-0.05, 0) is 25.8 Å². The van der Waals surface area contributed by atoms with E-state index in [-0.39, 0.29) is 11.7 Å². The molecule has 0 spiro atoms. The van der Waals surface area contributed by atoms with Gasteiger partial charge in [0, 0.05) is 30.8 Å². The molecule has 2 aromatic rings. The zero-order valence-electron chi connectivity index (χ0n) is 11.6. The number of ketones is 1. The number of rotatable bonds is 5. The fraction of sp³-hybridized carbons (Fsp3) is 0.429. The monoisotopic (exact) mass is 290 g/mol. The second kappa shape index (κ2) is 4.94. The van der Waals surface area contributed by atoms with Crippen LogP contribution in [0.4, 0.5) is 10.7 Å². The van der Waals surface area contributed by atoms with E-state index in [0.29, 0.717) is 17.1 Å². The van der Waals surface area contributed by atoms with E-state index in [9.17, 15) is 4.79 Å². The summed E-state index contributed by atoms with van der Waals surface area (Å²) in [6.45, 7) is 2.73. The Kier molecular flexibility index (Phi) is 3.25. The van der Waals surface area contributed by atoms with Crippen LogP contribution in [0.5, 0.6) is 0 Å². The SMILES string of the molecule is Cc1c(CNc2cc(N)c(C(=O)C3CC3)s2)cnn1C. The molecule has 0 saturated heterocycles. The number of aryl methyl sites for hydroxylation is 1. The highest BCUT2D eigenvalue weighted by atomic mass is 32.1. The Labute approximate surface area is 121 Å². The first kappa shape index (κ1) is 13.2. The third kappa shape index (κ3) is 2.43. The molecule has 2 aromatic heterocycles. The lowest BCUT2D eigenvalue weighted by molar-refractivity contribution is 0.0972. The maximum absolute atomic E-state index is 12.1. The van der Waals surface area contributed by atoms with E-state index in [1.807, 2.05) is 30.9 Å². The van der Waals surface area contributed by atoms with Crippen LogP contribution in [0.25, 0.3) is 0 Å². The lowest BCUT2D eigenvalue weighted by atomic mass is 10.2. The standard InChI is InChI=1S/C14H18N4OS/c1-8-10(7-17-18(8)2)6-16-12-5-11(15)14(20-12)13(19)9-3-4-9/h5,7,9,16H,3-4,6,15H2,1-2H3. The van der Waals surface area contributed by atoms with Crippen molar-refractivity contribution in [2.24, 2.45) is 13.0 Å². The van der Waals surface area contributed by atoms with Crippen molar-refractivity contribution >= 4 is 27.8 Å². The minimum absolute atomic E-state index is 0.207. The van der Waals surface area contributed by atoms with E-state index in [1.165, 1.54) is 11.3 Å². The van der Waals surface area contributed by atoms with E-state index in [4.69, 9.17) is 5.73 Å². The maximum Gasteiger partial charge on any atom is 0.178 e. The first-order valence-corrected chi connectivity index (χ1v) is 7.52. The highest BCUT2D eigenvalue weighted by Crippen LogP contribution is 2.38. The minimum Gasteiger partial charge on any atom is -0.397 e. The van der Waals surface area contributed by atoms with Gasteiger partial charge >= 0.3 is 0 Å². The fourth-order valence-corrected chi connectivity index (χ4v) is 3.11. The molecule has 0 aromatic carbocycles. The van der Waals surface area contributed by atoms with Gasteiger partial charge in [-0.1, -0.05) is 0 Å². The molecule has 0 radical (unpaired) electrons. The van der Waals surface area contributed by atoms with Gasteiger partial charge in [0.15, 0.2) is 5.78 Å². The number of nitrogens with zero attached hydrogens (tertiary/aromatic N) is 2. The van der Waals surface area contributed by atoms with Gasteiger partial charge in [0.2, 0.25) is 0 Å². The summed E-state index contributed by atoms with van der Waals surface area (Å²) < 4.78 is 1.85. The molecule has 5 nitrogen and oxygen atoms in total. The minimum atomic E-state index is 0.207. The molecule has 6 heteroatoms. The lowest BCUT2D eigenvalue weighted by Crippen LogP contribution is -2.01. The molecule has 0 aliphatic heterocycles. The number of nitrogen functional groups attached to an aromatic ring is 1. The van der Waals surface area contributed by atoms with Gasteiger partial charge < -0.3 is 11.1 Å². The first-order valence-electron chi connectivity index (χ1n) is 6.71. The van der Waals surface area contributed by atoms with E-state index < -0.39 is 0 Å². The van der Waals surface area contributed by atoms with Crippen molar-refractivity contribution in [2.45, 2.75) is 26.3 Å². The Morgan fingerprint density at radius 3 is 2.95 bits per heavy atom. The third-order valence-electron chi connectivity index (χ3n) is 3.72. The van der Waals surface area contributed by atoms with Crippen LogP contribution in [0.1, 0.15) is 33.8 Å². The van der Waals surface area contributed by atoms with Crippen molar-refractivity contribution in [1.82, 2.24) is 9.78 Å². The summed E-state index contributed by atoms with van der Waals surface area (Å²) >= 11 is 1.45. The molecule has 0 amide bonds. The number of hydrogen-bond acceptors (Lipinski definition) is 5. The molecule has 0 unspecified atom stereocenters. The van der Waals surface area contributed by atoms with Gasteiger partial charge in [-0.3, -0.25) is 9.48 Å². The van der Waals surface area contributed by atoms with E-state index in [0.717, 1.165) is 29.1 Å². The van der Waals surface area contributed by atoms with Gasteiger partial charge in [0.1, 0.15) is 0 Å². The molecule has 3 rings (SSSR count). The Morgan fingerprint density at radius 2 is 2.35 bits per heavy atom. The molecular formula is C14H18N4OS. The molecule has 1 aliphatic rings. The second-order valence-electron chi connectivity index (χ2n) is 5.27. The van der Waals surface area contributed by atoms with Crippen LogP contribution in [0, 0.1) is 12.8 Å². The maximum atomic E-state index is 12.1. The summed E-state index contributed by atoms with van der Waals surface area (Å²) in [7, 11) is 1.92. The normalized spacial score (nSPS) is 14.5. The average molecular weight is 290 g/mol. The molecule has 1 aliphatic carbocycles. The smallest absolute Gasteiger partial charge is 0.178 e. The number of nitrogens with two attached hydrogens (primary N) is 1. The number of carbonyl (C=O) groups excluding carboxylic acids is 1. The molecule has 106 valence electrons. The molecule has 3 N–H and O–H groups in total. The van der Waals surface area contributed by atoms with Crippen LogP contribution in [0.2, 0.25) is 0 Å². The van der Waals surface area contributed by atoms with Crippen LogP contribution in [-0.4, -0.2) is 15.6 Å². The van der Waals surface area contributed by atoms with Crippen LogP contribution in [0.15, 0.2) is 12.3 Å².